The average molecular weight is 653 g/mol. The minimum absolute atomic E-state index is 0.0129. The Kier molecular flexibility index (Phi) is 9.01. The molecule has 216 valence electrons. The second-order valence-electron chi connectivity index (χ2n) is 10.6. The molecule has 0 radical (unpaired) electrons. The number of nitrogens with zero attached hydrogens (tertiary/aromatic N) is 5. The molecular formula is C27H35BrClN7O3S. The van der Waals surface area contributed by atoms with E-state index in [-0.39, 0.29) is 23.8 Å². The monoisotopic (exact) mass is 651 g/mol. The summed E-state index contributed by atoms with van der Waals surface area (Å²) >= 11 is 9.95. The molecule has 5 rings (SSSR count). The van der Waals surface area contributed by atoms with Crippen molar-refractivity contribution in [2.75, 3.05) is 46.3 Å². The Bertz CT molecular complexity index is 1340. The van der Waals surface area contributed by atoms with E-state index in [2.05, 4.69) is 48.1 Å². The van der Waals surface area contributed by atoms with Gasteiger partial charge in [-0.1, -0.05) is 17.7 Å². The van der Waals surface area contributed by atoms with Gasteiger partial charge in [0.25, 0.3) is 0 Å². The van der Waals surface area contributed by atoms with Gasteiger partial charge in [0.15, 0.2) is 0 Å². The quantitative estimate of drug-likeness (QED) is 0.376. The van der Waals surface area contributed by atoms with Gasteiger partial charge in [-0.25, -0.2) is 0 Å². The largest absolute Gasteiger partial charge is 0.369 e. The number of amides is 1. The van der Waals surface area contributed by atoms with Crippen LogP contribution in [0.5, 0.6) is 0 Å². The summed E-state index contributed by atoms with van der Waals surface area (Å²) in [6.07, 6.45) is 5.71. The Morgan fingerprint density at radius 1 is 1.10 bits per heavy atom. The highest BCUT2D eigenvalue weighted by molar-refractivity contribution is 9.10. The van der Waals surface area contributed by atoms with Crippen LogP contribution in [0.25, 0.3) is 0 Å². The van der Waals surface area contributed by atoms with Gasteiger partial charge in [-0.2, -0.15) is 13.1 Å². The molecule has 1 amide bonds. The van der Waals surface area contributed by atoms with Crippen LogP contribution >= 0.6 is 27.5 Å². The van der Waals surface area contributed by atoms with Crippen molar-refractivity contribution in [3.8, 4) is 0 Å². The number of likely N-dealkylation sites (tertiary alicyclic amines) is 1. The van der Waals surface area contributed by atoms with Crippen molar-refractivity contribution in [2.45, 2.75) is 38.1 Å². The van der Waals surface area contributed by atoms with Gasteiger partial charge in [0.2, 0.25) is 11.9 Å². The lowest BCUT2D eigenvalue weighted by Crippen LogP contribution is -2.50. The molecule has 2 fully saturated rings. The number of pyridine rings is 1. The van der Waals surface area contributed by atoms with Crippen molar-refractivity contribution in [2.24, 2.45) is 16.0 Å². The van der Waals surface area contributed by atoms with E-state index < -0.39 is 10.2 Å². The van der Waals surface area contributed by atoms with Crippen LogP contribution in [0.4, 0.5) is 0 Å². The Morgan fingerprint density at radius 3 is 2.50 bits per heavy atom. The highest BCUT2D eigenvalue weighted by Crippen LogP contribution is 2.38. The van der Waals surface area contributed by atoms with Gasteiger partial charge in [-0.3, -0.25) is 14.7 Å². The topological polar surface area (TPSA) is 124 Å². The summed E-state index contributed by atoms with van der Waals surface area (Å²) in [6, 6.07) is 8.37. The maximum absolute atomic E-state index is 13.2. The van der Waals surface area contributed by atoms with E-state index in [1.807, 2.05) is 17.2 Å². The molecular weight excluding hydrogens is 618 g/mol. The molecule has 0 saturated carbocycles. The minimum atomic E-state index is -3.77. The molecule has 2 aromatic rings. The molecule has 2 aliphatic heterocycles. The third-order valence-corrected chi connectivity index (χ3v) is 9.81. The number of piperidine rings is 1. The number of carbonyl (C=O) groups is 1. The first kappa shape index (κ1) is 29.2. The Hall–Kier alpha value is -2.25. The predicted molar refractivity (Wildman–Crippen MR) is 159 cm³/mol. The highest BCUT2D eigenvalue weighted by Gasteiger charge is 2.34. The van der Waals surface area contributed by atoms with Gasteiger partial charge in [0, 0.05) is 68.4 Å². The predicted octanol–water partition coefficient (Wildman–Crippen LogP) is 2.71. The maximum atomic E-state index is 13.2. The molecule has 0 spiro atoms. The Morgan fingerprint density at radius 2 is 1.80 bits per heavy atom. The summed E-state index contributed by atoms with van der Waals surface area (Å²) in [6.45, 7) is 4.03. The number of aryl methyl sites for hydroxylation is 2. The van der Waals surface area contributed by atoms with Crippen molar-refractivity contribution in [3.63, 3.8) is 0 Å². The first-order valence-electron chi connectivity index (χ1n) is 13.6. The molecule has 1 aliphatic carbocycles. The van der Waals surface area contributed by atoms with Crippen LogP contribution in [0.2, 0.25) is 5.02 Å². The molecule has 1 aromatic carbocycles. The number of aromatic nitrogens is 1. The van der Waals surface area contributed by atoms with Gasteiger partial charge in [0.05, 0.1) is 11.7 Å². The number of rotatable bonds is 5. The minimum Gasteiger partial charge on any atom is -0.369 e. The Labute approximate surface area is 249 Å². The number of fused-ring (bicyclic) bond motifs is 2. The summed E-state index contributed by atoms with van der Waals surface area (Å²) in [5.41, 5.74) is 10.7. The number of carbonyl (C=O) groups excluding carboxylic acids is 1. The van der Waals surface area contributed by atoms with Gasteiger partial charge in [-0.15, -0.1) is 4.40 Å². The van der Waals surface area contributed by atoms with Crippen LogP contribution < -0.4 is 10.5 Å². The van der Waals surface area contributed by atoms with Crippen molar-refractivity contribution in [3.05, 3.63) is 62.3 Å². The van der Waals surface area contributed by atoms with E-state index in [0.717, 1.165) is 54.0 Å². The van der Waals surface area contributed by atoms with E-state index in [1.165, 1.54) is 23.7 Å². The fraction of sp³-hybridized carbons (Fsp3) is 0.519. The molecule has 0 bridgehead atoms. The zero-order valence-electron chi connectivity index (χ0n) is 22.5. The van der Waals surface area contributed by atoms with Gasteiger partial charge in [-0.05, 0) is 82.4 Å². The van der Waals surface area contributed by atoms with E-state index in [9.17, 15) is 13.2 Å². The van der Waals surface area contributed by atoms with Crippen molar-refractivity contribution < 1.29 is 13.2 Å². The molecule has 40 heavy (non-hydrogen) atoms. The van der Waals surface area contributed by atoms with Crippen molar-refractivity contribution in [1.29, 1.82) is 0 Å². The zero-order chi connectivity index (χ0) is 28.4. The van der Waals surface area contributed by atoms with Gasteiger partial charge in [0.1, 0.15) is 0 Å². The van der Waals surface area contributed by atoms with E-state index in [0.29, 0.717) is 32.6 Å². The van der Waals surface area contributed by atoms with Crippen molar-refractivity contribution in [1.82, 2.24) is 24.4 Å². The number of guanidine groups is 1. The first-order valence-corrected chi connectivity index (χ1v) is 16.2. The van der Waals surface area contributed by atoms with Crippen LogP contribution in [0.15, 0.2) is 39.3 Å². The van der Waals surface area contributed by atoms with Crippen LogP contribution in [0, 0.1) is 5.92 Å². The Balaban J connectivity index is 1.21. The van der Waals surface area contributed by atoms with Crippen LogP contribution in [-0.2, 0) is 27.8 Å². The molecule has 1 atom stereocenters. The smallest absolute Gasteiger partial charge is 0.322 e. The zero-order valence-corrected chi connectivity index (χ0v) is 25.7. The second kappa shape index (κ2) is 12.3. The number of nitrogens with two attached hydrogens (primary N) is 1. The van der Waals surface area contributed by atoms with Crippen LogP contribution in [-0.4, -0.2) is 86.3 Å². The van der Waals surface area contributed by atoms with Crippen LogP contribution in [0.1, 0.15) is 47.7 Å². The lowest BCUT2D eigenvalue weighted by molar-refractivity contribution is -0.134. The third kappa shape index (κ3) is 6.62. The van der Waals surface area contributed by atoms with E-state index in [1.54, 1.807) is 4.90 Å². The normalized spacial score (nSPS) is 21.1. The number of halogens is 2. The highest BCUT2D eigenvalue weighted by atomic mass is 79.9. The number of hydrogen-bond donors (Lipinski definition) is 2. The molecule has 10 nitrogen and oxygen atoms in total. The fourth-order valence-corrected chi connectivity index (χ4v) is 7.01. The molecule has 13 heteroatoms. The van der Waals surface area contributed by atoms with E-state index in [4.69, 9.17) is 22.3 Å². The second-order valence-corrected chi connectivity index (χ2v) is 13.5. The molecule has 1 aromatic heterocycles. The maximum Gasteiger partial charge on any atom is 0.322 e. The summed E-state index contributed by atoms with van der Waals surface area (Å²) in [7, 11) is -2.48. The summed E-state index contributed by atoms with van der Waals surface area (Å²) in [4.78, 5) is 24.3. The lowest BCUT2D eigenvalue weighted by atomic mass is 9.93. The molecule has 3 aliphatic rings. The molecule has 3 heterocycles. The van der Waals surface area contributed by atoms with E-state index >= 15 is 0 Å². The number of piperazine rings is 1. The average Bonchev–Trinajstić information content (AvgIpc) is 3.09. The van der Waals surface area contributed by atoms with Gasteiger partial charge >= 0.3 is 10.2 Å². The SMILES string of the molecule is CNS(=O)(=O)/N=C(\N)N1CCC(CC(=O)N2CCN(C3c4ccc(Cl)cc4CCc4cc(Br)cnc43)CC2)CC1. The van der Waals surface area contributed by atoms with Crippen molar-refractivity contribution >= 4 is 49.6 Å². The fourth-order valence-electron chi connectivity index (χ4n) is 5.98. The number of benzene rings is 1. The molecule has 2 saturated heterocycles. The van der Waals surface area contributed by atoms with Gasteiger partial charge < -0.3 is 15.5 Å². The lowest BCUT2D eigenvalue weighted by Gasteiger charge is -2.40. The first-order chi connectivity index (χ1) is 19.1. The number of nitrogens with one attached hydrogen (secondary N) is 1. The number of hydrogen-bond acceptors (Lipinski definition) is 5. The summed E-state index contributed by atoms with van der Waals surface area (Å²) < 4.78 is 30.0. The standard InChI is InChI=1S/C27H35BrClN7O3S/c1-31-40(38,39)33-27(30)36-8-6-18(7-9-36)14-24(37)34-10-12-35(13-11-34)26-23-5-4-22(29)16-19(23)2-3-20-15-21(28)17-32-25(20)26/h4-5,15-18,26,31H,2-3,6-14H2,1H3,(H2,30,33). The molecule has 3 N–H and O–H groups in total. The summed E-state index contributed by atoms with van der Waals surface area (Å²) in [5, 5.41) is 0.747. The third-order valence-electron chi connectivity index (χ3n) is 8.20. The summed E-state index contributed by atoms with van der Waals surface area (Å²) in [5.74, 6) is 0.400. The molecule has 1 unspecified atom stereocenters. The van der Waals surface area contributed by atoms with Crippen LogP contribution in [0.3, 0.4) is 0 Å².